The van der Waals surface area contributed by atoms with Gasteiger partial charge in [0.2, 0.25) is 0 Å². The van der Waals surface area contributed by atoms with Gasteiger partial charge in [-0.05, 0) is 72.4 Å². The average molecular weight is 484 g/mol. The molecule has 10 heteroatoms. The van der Waals surface area contributed by atoms with Crippen LogP contribution in [-0.4, -0.2) is 34.4 Å². The summed E-state index contributed by atoms with van der Waals surface area (Å²) in [5, 5.41) is 12.8. The van der Waals surface area contributed by atoms with Crippen LogP contribution in [0.1, 0.15) is 31.1 Å². The van der Waals surface area contributed by atoms with E-state index in [0.717, 1.165) is 28.6 Å². The molecule has 30 heavy (non-hydrogen) atoms. The Morgan fingerprint density at radius 2 is 1.97 bits per heavy atom. The molecule has 0 saturated carbocycles. The average Bonchev–Trinajstić information content (AvgIpc) is 2.75. The zero-order valence-corrected chi connectivity index (χ0v) is 20.0. The van der Waals surface area contributed by atoms with Crippen LogP contribution in [0, 0.1) is 0 Å². The van der Waals surface area contributed by atoms with Gasteiger partial charge in [0.25, 0.3) is 0 Å². The summed E-state index contributed by atoms with van der Waals surface area (Å²) in [6.45, 7) is 1.33. The maximum absolute atomic E-state index is 12.7. The van der Waals surface area contributed by atoms with Crippen molar-refractivity contribution in [3.8, 4) is 0 Å². The summed E-state index contributed by atoms with van der Waals surface area (Å²) < 4.78 is 23.4. The molecule has 160 valence electrons. The van der Waals surface area contributed by atoms with E-state index in [1.54, 1.807) is 6.20 Å². The molecule has 1 atom stereocenters. The van der Waals surface area contributed by atoms with Crippen molar-refractivity contribution in [1.82, 2.24) is 15.4 Å². The number of thioether (sulfide) groups is 1. The third-order valence-corrected chi connectivity index (χ3v) is 9.80. The highest BCUT2D eigenvalue weighted by atomic mass is 35.5. The second-order valence-electron chi connectivity index (χ2n) is 6.19. The third kappa shape index (κ3) is 6.42. The molecule has 1 unspecified atom stereocenters. The zero-order valence-electron chi connectivity index (χ0n) is 16.7. The van der Waals surface area contributed by atoms with Gasteiger partial charge in [0, 0.05) is 20.6 Å². The highest BCUT2D eigenvalue weighted by Gasteiger charge is 2.33. The molecule has 0 bridgehead atoms. The molecule has 0 saturated heterocycles. The first-order chi connectivity index (χ1) is 14.5. The van der Waals surface area contributed by atoms with Crippen LogP contribution in [0.4, 0.5) is 0 Å². The lowest BCUT2D eigenvalue weighted by molar-refractivity contribution is 0.236. The molecule has 2 heterocycles. The molecule has 1 aromatic heterocycles. The fourth-order valence-corrected chi connectivity index (χ4v) is 8.63. The standard InChI is InChI=1S/C13H18ClO3PS2.C7H5N3/c1-3-16-18(15,17-4-2)20-13-7-8-19-12-6-5-10(14)9-11(12)13;1-2-4-7-6(3-1)5-8-10-9-7/h5-6,9,13H,3-4,7-8H2,1-2H3;1-5H. The summed E-state index contributed by atoms with van der Waals surface area (Å²) in [4.78, 5) is 1.21. The van der Waals surface area contributed by atoms with Crippen molar-refractivity contribution in [1.29, 1.82) is 0 Å². The van der Waals surface area contributed by atoms with Crippen LogP contribution in [0.2, 0.25) is 5.02 Å². The van der Waals surface area contributed by atoms with Crippen molar-refractivity contribution in [3.05, 3.63) is 59.2 Å². The molecule has 0 radical (unpaired) electrons. The second kappa shape index (κ2) is 11.5. The Morgan fingerprint density at radius 3 is 2.70 bits per heavy atom. The molecule has 0 N–H and O–H groups in total. The maximum atomic E-state index is 12.7. The molecule has 4 rings (SSSR count). The molecule has 0 aliphatic carbocycles. The highest BCUT2D eigenvalue weighted by molar-refractivity contribution is 8.55. The van der Waals surface area contributed by atoms with E-state index >= 15 is 0 Å². The molecule has 3 aromatic rings. The lowest BCUT2D eigenvalue weighted by Crippen LogP contribution is -2.05. The van der Waals surface area contributed by atoms with Crippen molar-refractivity contribution >= 4 is 52.4 Å². The van der Waals surface area contributed by atoms with Gasteiger partial charge >= 0.3 is 6.80 Å². The van der Waals surface area contributed by atoms with Crippen LogP contribution >= 0.6 is 41.5 Å². The van der Waals surface area contributed by atoms with E-state index < -0.39 is 6.80 Å². The van der Waals surface area contributed by atoms with E-state index in [-0.39, 0.29) is 5.25 Å². The van der Waals surface area contributed by atoms with E-state index in [1.165, 1.54) is 16.3 Å². The SMILES string of the molecule is CCOP(=O)(OCC)SC1CCSc2ccc(Cl)cc21.c1ccc2nnncc2c1. The Hall–Kier alpha value is -1.15. The summed E-state index contributed by atoms with van der Waals surface area (Å²) >= 11 is 9.20. The number of rotatable bonds is 6. The number of benzene rings is 2. The van der Waals surface area contributed by atoms with Crippen molar-refractivity contribution in [2.75, 3.05) is 19.0 Å². The van der Waals surface area contributed by atoms with Crippen LogP contribution in [0.15, 0.2) is 53.6 Å². The molecular formula is C20H23ClN3O3PS2. The van der Waals surface area contributed by atoms with Crippen LogP contribution in [0.5, 0.6) is 0 Å². The zero-order chi connectivity index (χ0) is 21.4. The maximum Gasteiger partial charge on any atom is 0.389 e. The van der Waals surface area contributed by atoms with E-state index in [9.17, 15) is 4.57 Å². The fourth-order valence-electron chi connectivity index (χ4n) is 2.86. The van der Waals surface area contributed by atoms with Gasteiger partial charge in [0.1, 0.15) is 0 Å². The molecule has 0 fully saturated rings. The number of halogens is 1. The molecular weight excluding hydrogens is 461 g/mol. The topological polar surface area (TPSA) is 74.2 Å². The minimum Gasteiger partial charge on any atom is -0.301 e. The van der Waals surface area contributed by atoms with E-state index in [0.29, 0.717) is 18.2 Å². The summed E-state index contributed by atoms with van der Waals surface area (Å²) in [6.07, 6.45) is 2.63. The van der Waals surface area contributed by atoms with Gasteiger partial charge in [0.05, 0.1) is 24.9 Å². The Bertz CT molecular complexity index is 952. The number of aromatic nitrogens is 3. The lowest BCUT2D eigenvalue weighted by Gasteiger charge is -2.27. The number of fused-ring (bicyclic) bond motifs is 2. The first-order valence-electron chi connectivity index (χ1n) is 9.57. The van der Waals surface area contributed by atoms with Gasteiger partial charge in [-0.1, -0.05) is 29.8 Å². The molecule has 0 spiro atoms. The Morgan fingerprint density at radius 1 is 1.20 bits per heavy atom. The highest BCUT2D eigenvalue weighted by Crippen LogP contribution is 2.67. The predicted molar refractivity (Wildman–Crippen MR) is 125 cm³/mol. The predicted octanol–water partition coefficient (Wildman–Crippen LogP) is 6.82. The summed E-state index contributed by atoms with van der Waals surface area (Å²) in [5.74, 6) is 1.00. The quantitative estimate of drug-likeness (QED) is 0.354. The van der Waals surface area contributed by atoms with Gasteiger partial charge < -0.3 is 9.05 Å². The first kappa shape index (κ1) is 23.5. The van der Waals surface area contributed by atoms with E-state index in [1.807, 2.05) is 68.1 Å². The molecule has 6 nitrogen and oxygen atoms in total. The minimum absolute atomic E-state index is 0.105. The first-order valence-corrected chi connectivity index (χ1v) is 14.0. The Kier molecular flexibility index (Phi) is 8.98. The van der Waals surface area contributed by atoms with Crippen LogP contribution in [-0.2, 0) is 13.6 Å². The van der Waals surface area contributed by atoms with Gasteiger partial charge in [0.15, 0.2) is 0 Å². The van der Waals surface area contributed by atoms with Crippen molar-refractivity contribution in [2.24, 2.45) is 0 Å². The van der Waals surface area contributed by atoms with Crippen molar-refractivity contribution in [2.45, 2.75) is 30.4 Å². The summed E-state index contributed by atoms with van der Waals surface area (Å²) in [6, 6.07) is 13.6. The van der Waals surface area contributed by atoms with Crippen LogP contribution < -0.4 is 0 Å². The monoisotopic (exact) mass is 483 g/mol. The molecule has 1 aliphatic heterocycles. The molecule has 0 amide bonds. The number of nitrogens with zero attached hydrogens (tertiary/aromatic N) is 3. The normalized spacial score (nSPS) is 15.9. The third-order valence-electron chi connectivity index (χ3n) is 4.12. The van der Waals surface area contributed by atoms with E-state index in [4.69, 9.17) is 20.6 Å². The fraction of sp³-hybridized carbons (Fsp3) is 0.350. The van der Waals surface area contributed by atoms with Gasteiger partial charge in [-0.2, -0.15) is 0 Å². The number of hydrogen-bond acceptors (Lipinski definition) is 8. The van der Waals surface area contributed by atoms with Crippen LogP contribution in [0.25, 0.3) is 10.9 Å². The van der Waals surface area contributed by atoms with Crippen LogP contribution in [0.3, 0.4) is 0 Å². The van der Waals surface area contributed by atoms with Gasteiger partial charge in [-0.3, -0.25) is 0 Å². The van der Waals surface area contributed by atoms with Gasteiger partial charge in [-0.15, -0.1) is 22.0 Å². The lowest BCUT2D eigenvalue weighted by atomic mass is 10.1. The number of hydrogen-bond donors (Lipinski definition) is 0. The summed E-state index contributed by atoms with van der Waals surface area (Å²) in [5.41, 5.74) is 2.02. The second-order valence-corrected chi connectivity index (χ2v) is 11.9. The van der Waals surface area contributed by atoms with Gasteiger partial charge in [-0.25, -0.2) is 4.57 Å². The molecule has 2 aromatic carbocycles. The molecule has 1 aliphatic rings. The minimum atomic E-state index is -3.09. The van der Waals surface area contributed by atoms with Crippen molar-refractivity contribution in [3.63, 3.8) is 0 Å². The summed E-state index contributed by atoms with van der Waals surface area (Å²) in [7, 11) is 0. The Balaban J connectivity index is 0.000000212. The van der Waals surface area contributed by atoms with E-state index in [2.05, 4.69) is 15.4 Å². The Labute approximate surface area is 189 Å². The largest absolute Gasteiger partial charge is 0.389 e. The van der Waals surface area contributed by atoms with Crippen molar-refractivity contribution < 1.29 is 13.6 Å². The smallest absolute Gasteiger partial charge is 0.301 e.